The number of H-pyrrole nitrogens is 1. The molecule has 2 rings (SSSR count). The Bertz CT molecular complexity index is 606. The third-order valence-corrected chi connectivity index (χ3v) is 2.83. The second-order valence-corrected chi connectivity index (χ2v) is 4.42. The van der Waals surface area contributed by atoms with Crippen LogP contribution in [0.15, 0.2) is 30.3 Å². The van der Waals surface area contributed by atoms with Gasteiger partial charge in [0.2, 0.25) is 0 Å². The highest BCUT2D eigenvalue weighted by atomic mass is 32.1. The first-order valence-electron chi connectivity index (χ1n) is 5.82. The summed E-state index contributed by atoms with van der Waals surface area (Å²) in [5.74, 6) is 0.575. The zero-order chi connectivity index (χ0) is 14.6. The molecule has 8 heteroatoms. The highest BCUT2D eigenvalue weighted by molar-refractivity contribution is 7.71. The average molecular weight is 303 g/mol. The van der Waals surface area contributed by atoms with Crippen molar-refractivity contribution in [3.05, 3.63) is 35.1 Å². The van der Waals surface area contributed by atoms with Crippen molar-refractivity contribution in [1.82, 2.24) is 14.8 Å². The molecule has 1 aromatic carbocycles. The van der Waals surface area contributed by atoms with E-state index in [1.54, 1.807) is 4.57 Å². The highest BCUT2D eigenvalue weighted by Crippen LogP contribution is 2.17. The number of nitrogens with one attached hydrogen (secondary N) is 1. The Hall–Kier alpha value is -1.67. The summed E-state index contributed by atoms with van der Waals surface area (Å²) in [5, 5.41) is 6.71. The Morgan fingerprint density at radius 3 is 2.60 bits per heavy atom. The van der Waals surface area contributed by atoms with Crippen LogP contribution in [0.4, 0.5) is 13.2 Å². The van der Waals surface area contributed by atoms with Crippen LogP contribution in [0.2, 0.25) is 0 Å². The predicted molar refractivity (Wildman–Crippen MR) is 69.7 cm³/mol. The number of rotatable bonds is 5. The van der Waals surface area contributed by atoms with E-state index < -0.39 is 12.8 Å². The lowest BCUT2D eigenvalue weighted by Gasteiger charge is -2.09. The largest absolute Gasteiger partial charge is 0.411 e. The number of alkyl halides is 3. The van der Waals surface area contributed by atoms with E-state index in [9.17, 15) is 13.2 Å². The van der Waals surface area contributed by atoms with Crippen molar-refractivity contribution in [3.63, 3.8) is 0 Å². The van der Waals surface area contributed by atoms with Crippen molar-refractivity contribution in [2.75, 3.05) is 13.2 Å². The third kappa shape index (κ3) is 3.91. The van der Waals surface area contributed by atoms with Gasteiger partial charge in [0.1, 0.15) is 6.61 Å². The number of ether oxygens (including phenoxy) is 1. The maximum absolute atomic E-state index is 12.0. The summed E-state index contributed by atoms with van der Waals surface area (Å²) >= 11 is 5.06. The molecular formula is C12H12F3N3OS. The zero-order valence-electron chi connectivity index (χ0n) is 10.4. The summed E-state index contributed by atoms with van der Waals surface area (Å²) in [7, 11) is 0. The molecule has 0 radical (unpaired) electrons. The fourth-order valence-electron chi connectivity index (χ4n) is 1.68. The van der Waals surface area contributed by atoms with Crippen molar-refractivity contribution in [1.29, 1.82) is 0 Å². The van der Waals surface area contributed by atoms with Gasteiger partial charge in [-0.05, 0) is 12.2 Å². The van der Waals surface area contributed by atoms with Crippen molar-refractivity contribution in [2.45, 2.75) is 12.7 Å². The fraction of sp³-hybridized carbons (Fsp3) is 0.333. The van der Waals surface area contributed by atoms with Crippen LogP contribution in [0.25, 0.3) is 11.4 Å². The molecule has 0 atom stereocenters. The number of aromatic amines is 1. The number of nitrogens with zero attached hydrogens (tertiary/aromatic N) is 2. The van der Waals surface area contributed by atoms with Gasteiger partial charge in [0.05, 0.1) is 13.2 Å². The van der Waals surface area contributed by atoms with Crippen molar-refractivity contribution >= 4 is 12.2 Å². The summed E-state index contributed by atoms with van der Waals surface area (Å²) in [4.78, 5) is 0. The van der Waals surface area contributed by atoms with E-state index >= 15 is 0 Å². The van der Waals surface area contributed by atoms with Gasteiger partial charge in [-0.25, -0.2) is 0 Å². The molecule has 2 aromatic rings. The van der Waals surface area contributed by atoms with Gasteiger partial charge >= 0.3 is 6.18 Å². The SMILES string of the molecule is FC(F)(F)COCCn1c(-c2ccccc2)n[nH]c1=S. The van der Waals surface area contributed by atoms with Crippen molar-refractivity contribution in [3.8, 4) is 11.4 Å². The summed E-state index contributed by atoms with van der Waals surface area (Å²) in [5.41, 5.74) is 0.829. The van der Waals surface area contributed by atoms with Gasteiger partial charge in [0.25, 0.3) is 0 Å². The lowest BCUT2D eigenvalue weighted by Crippen LogP contribution is -2.19. The number of aromatic nitrogens is 3. The van der Waals surface area contributed by atoms with Crippen LogP contribution in [0.3, 0.4) is 0 Å². The molecular weight excluding hydrogens is 291 g/mol. The molecule has 20 heavy (non-hydrogen) atoms. The molecule has 1 heterocycles. The second-order valence-electron chi connectivity index (χ2n) is 4.04. The van der Waals surface area contributed by atoms with E-state index in [1.807, 2.05) is 30.3 Å². The van der Waals surface area contributed by atoms with E-state index in [-0.39, 0.29) is 13.2 Å². The van der Waals surface area contributed by atoms with Gasteiger partial charge in [-0.2, -0.15) is 18.3 Å². The molecule has 0 aliphatic carbocycles. The molecule has 0 aliphatic heterocycles. The summed E-state index contributed by atoms with van der Waals surface area (Å²) < 4.78 is 42.5. The number of halogens is 3. The summed E-state index contributed by atoms with van der Waals surface area (Å²) in [6.07, 6.45) is -4.32. The Labute approximate surface area is 118 Å². The van der Waals surface area contributed by atoms with Gasteiger partial charge in [-0.15, -0.1) is 0 Å². The van der Waals surface area contributed by atoms with Gasteiger partial charge in [-0.3, -0.25) is 9.67 Å². The quantitative estimate of drug-likeness (QED) is 0.681. The van der Waals surface area contributed by atoms with E-state index in [0.29, 0.717) is 10.6 Å². The molecule has 0 unspecified atom stereocenters. The molecule has 0 saturated heterocycles. The first kappa shape index (κ1) is 14.7. The molecule has 0 bridgehead atoms. The zero-order valence-corrected chi connectivity index (χ0v) is 11.2. The minimum Gasteiger partial charge on any atom is -0.370 e. The Morgan fingerprint density at radius 2 is 1.95 bits per heavy atom. The van der Waals surface area contributed by atoms with Crippen LogP contribution in [-0.2, 0) is 11.3 Å². The molecule has 108 valence electrons. The number of hydrogen-bond acceptors (Lipinski definition) is 3. The number of benzene rings is 1. The molecule has 0 fully saturated rings. The molecule has 1 aromatic heterocycles. The van der Waals surface area contributed by atoms with Gasteiger partial charge in [0.15, 0.2) is 10.6 Å². The molecule has 0 spiro atoms. The van der Waals surface area contributed by atoms with Crippen LogP contribution < -0.4 is 0 Å². The normalized spacial score (nSPS) is 11.8. The smallest absolute Gasteiger partial charge is 0.370 e. The van der Waals surface area contributed by atoms with Crippen LogP contribution >= 0.6 is 12.2 Å². The molecule has 0 amide bonds. The van der Waals surface area contributed by atoms with E-state index in [0.717, 1.165) is 5.56 Å². The first-order valence-corrected chi connectivity index (χ1v) is 6.23. The van der Waals surface area contributed by atoms with Gasteiger partial charge in [-0.1, -0.05) is 30.3 Å². The highest BCUT2D eigenvalue weighted by Gasteiger charge is 2.27. The van der Waals surface area contributed by atoms with E-state index in [1.165, 1.54) is 0 Å². The maximum atomic E-state index is 12.0. The van der Waals surface area contributed by atoms with Crippen LogP contribution in [-0.4, -0.2) is 34.2 Å². The molecule has 0 aliphatic rings. The van der Waals surface area contributed by atoms with E-state index in [4.69, 9.17) is 12.2 Å². The lowest BCUT2D eigenvalue weighted by atomic mass is 10.2. The Balaban J connectivity index is 2.05. The third-order valence-electron chi connectivity index (χ3n) is 2.52. The van der Waals surface area contributed by atoms with Crippen LogP contribution in [0.5, 0.6) is 0 Å². The van der Waals surface area contributed by atoms with Gasteiger partial charge < -0.3 is 4.74 Å². The molecule has 1 N–H and O–H groups in total. The Morgan fingerprint density at radius 1 is 1.25 bits per heavy atom. The van der Waals surface area contributed by atoms with Gasteiger partial charge in [0, 0.05) is 5.56 Å². The van der Waals surface area contributed by atoms with Crippen molar-refractivity contribution < 1.29 is 17.9 Å². The average Bonchev–Trinajstić information content (AvgIpc) is 2.76. The maximum Gasteiger partial charge on any atom is 0.411 e. The number of hydrogen-bond donors (Lipinski definition) is 1. The first-order chi connectivity index (χ1) is 9.47. The minimum absolute atomic E-state index is 0.0901. The lowest BCUT2D eigenvalue weighted by molar-refractivity contribution is -0.174. The van der Waals surface area contributed by atoms with E-state index in [2.05, 4.69) is 14.9 Å². The van der Waals surface area contributed by atoms with Crippen molar-refractivity contribution in [2.24, 2.45) is 0 Å². The minimum atomic E-state index is -4.32. The summed E-state index contributed by atoms with van der Waals surface area (Å²) in [6.45, 7) is -1.15. The standard InChI is InChI=1S/C12H12F3N3OS/c13-12(14,15)8-19-7-6-18-10(16-17-11(18)20)9-4-2-1-3-5-9/h1-5H,6-8H2,(H,17,20). The summed E-state index contributed by atoms with van der Waals surface area (Å²) in [6, 6.07) is 9.24. The topological polar surface area (TPSA) is 42.8 Å². The van der Waals surface area contributed by atoms with Crippen LogP contribution in [0.1, 0.15) is 0 Å². The van der Waals surface area contributed by atoms with Crippen LogP contribution in [0, 0.1) is 4.77 Å². The second kappa shape index (κ2) is 6.19. The molecule has 4 nitrogen and oxygen atoms in total. The molecule has 0 saturated carbocycles. The fourth-order valence-corrected chi connectivity index (χ4v) is 1.90. The monoisotopic (exact) mass is 303 g/mol. The predicted octanol–water partition coefficient (Wildman–Crippen LogP) is 3.19. The Kier molecular flexibility index (Phi) is 4.56.